The van der Waals surface area contributed by atoms with Crippen molar-refractivity contribution in [3.8, 4) is 0 Å². The molecule has 0 amide bonds. The van der Waals surface area contributed by atoms with Gasteiger partial charge in [-0.2, -0.15) is 0 Å². The third-order valence-electron chi connectivity index (χ3n) is 3.52. The van der Waals surface area contributed by atoms with Crippen molar-refractivity contribution in [3.63, 3.8) is 0 Å². The second-order valence-electron chi connectivity index (χ2n) is 4.84. The average molecular weight is 197 g/mol. The summed E-state index contributed by atoms with van der Waals surface area (Å²) in [4.78, 5) is 2.33. The zero-order chi connectivity index (χ0) is 10.1. The largest absolute Gasteiger partial charge is 0.392 e. The highest BCUT2D eigenvalue weighted by Crippen LogP contribution is 2.21. The van der Waals surface area contributed by atoms with Gasteiger partial charge < -0.3 is 5.11 Å². The van der Waals surface area contributed by atoms with Gasteiger partial charge in [0.1, 0.15) is 18.6 Å². The van der Waals surface area contributed by atoms with Crippen LogP contribution < -0.4 is 0 Å². The summed E-state index contributed by atoms with van der Waals surface area (Å²) in [5.74, 6) is 0.524. The normalized spacial score (nSPS) is 28.1. The molecular formula is C11H21N2O+. The smallest absolute Gasteiger partial charge is 0.234 e. The lowest BCUT2D eigenvalue weighted by atomic mass is 10.0. The molecule has 80 valence electrons. The lowest BCUT2D eigenvalue weighted by Crippen LogP contribution is -2.40. The van der Waals surface area contributed by atoms with Gasteiger partial charge in [0, 0.05) is 0 Å². The first-order valence-corrected chi connectivity index (χ1v) is 5.69. The van der Waals surface area contributed by atoms with Crippen LogP contribution >= 0.6 is 0 Å². The second kappa shape index (κ2) is 3.89. The van der Waals surface area contributed by atoms with Crippen LogP contribution in [0.25, 0.3) is 0 Å². The van der Waals surface area contributed by atoms with Crippen LogP contribution in [0.4, 0.5) is 0 Å². The van der Waals surface area contributed by atoms with Crippen molar-refractivity contribution in [2.75, 3.05) is 19.7 Å². The molecule has 2 aliphatic heterocycles. The van der Waals surface area contributed by atoms with Crippen molar-refractivity contribution in [2.24, 2.45) is 5.92 Å². The highest BCUT2D eigenvalue weighted by Gasteiger charge is 2.38. The summed E-state index contributed by atoms with van der Waals surface area (Å²) in [6.07, 6.45) is 4.89. The molecule has 0 saturated carbocycles. The third kappa shape index (κ3) is 1.65. The van der Waals surface area contributed by atoms with Crippen LogP contribution in [-0.2, 0) is 0 Å². The molecule has 1 fully saturated rings. The van der Waals surface area contributed by atoms with Gasteiger partial charge in [-0.1, -0.05) is 13.8 Å². The fraction of sp³-hybridized carbons (Fsp3) is 0.909. The molecule has 0 aromatic rings. The van der Waals surface area contributed by atoms with Gasteiger partial charge >= 0.3 is 0 Å². The Morgan fingerprint density at radius 2 is 2.36 bits per heavy atom. The Labute approximate surface area is 86.0 Å². The maximum atomic E-state index is 9.34. The fourth-order valence-electron chi connectivity index (χ4n) is 2.61. The number of aliphatic hydroxyl groups is 1. The van der Waals surface area contributed by atoms with E-state index in [0.29, 0.717) is 12.0 Å². The Hall–Kier alpha value is -0.570. The van der Waals surface area contributed by atoms with Gasteiger partial charge in [-0.05, 0) is 18.8 Å². The topological polar surface area (TPSA) is 26.5 Å². The van der Waals surface area contributed by atoms with Crippen LogP contribution in [0.5, 0.6) is 0 Å². The Bertz CT molecular complexity index is 237. The first-order chi connectivity index (χ1) is 6.72. The molecule has 2 heterocycles. The van der Waals surface area contributed by atoms with Crippen LogP contribution in [0.2, 0.25) is 0 Å². The maximum absolute atomic E-state index is 9.34. The summed E-state index contributed by atoms with van der Waals surface area (Å²) < 4.78 is 2.44. The van der Waals surface area contributed by atoms with E-state index in [1.807, 2.05) is 0 Å². The Morgan fingerprint density at radius 3 is 2.93 bits per heavy atom. The van der Waals surface area contributed by atoms with Gasteiger partial charge in [0.2, 0.25) is 6.34 Å². The minimum absolute atomic E-state index is 0.273. The first kappa shape index (κ1) is 9.97. The summed E-state index contributed by atoms with van der Waals surface area (Å²) in [6, 6.07) is 1.03. The van der Waals surface area contributed by atoms with Crippen LogP contribution in [0.1, 0.15) is 26.7 Å². The molecule has 2 atom stereocenters. The van der Waals surface area contributed by atoms with E-state index < -0.39 is 0 Å². The van der Waals surface area contributed by atoms with E-state index >= 15 is 0 Å². The van der Waals surface area contributed by atoms with Crippen molar-refractivity contribution in [2.45, 2.75) is 38.8 Å². The zero-order valence-corrected chi connectivity index (χ0v) is 9.19. The molecule has 2 aliphatic rings. The number of rotatable bonds is 3. The van der Waals surface area contributed by atoms with Gasteiger partial charge in [-0.3, -0.25) is 9.48 Å². The predicted octanol–water partition coefficient (Wildman–Crippen LogP) is 0.522. The fourth-order valence-corrected chi connectivity index (χ4v) is 2.61. The summed E-state index contributed by atoms with van der Waals surface area (Å²) in [5.41, 5.74) is 0. The Balaban J connectivity index is 2.03. The molecule has 0 spiro atoms. The minimum Gasteiger partial charge on any atom is -0.392 e. The molecule has 14 heavy (non-hydrogen) atoms. The average Bonchev–Trinajstić information content (AvgIpc) is 2.63. The number of fused-ring (bicyclic) bond motifs is 1. The molecular weight excluding hydrogens is 176 g/mol. The number of hydrogen-bond acceptors (Lipinski definition) is 2. The van der Waals surface area contributed by atoms with E-state index in [9.17, 15) is 5.11 Å². The van der Waals surface area contributed by atoms with Gasteiger partial charge in [0.15, 0.2) is 0 Å². The Kier molecular flexibility index (Phi) is 2.77. The molecule has 0 bridgehead atoms. The number of aliphatic hydroxyl groups excluding tert-OH is 1. The molecule has 3 nitrogen and oxygen atoms in total. The summed E-state index contributed by atoms with van der Waals surface area (Å²) in [7, 11) is 0. The first-order valence-electron chi connectivity index (χ1n) is 5.69. The molecule has 0 aromatic carbocycles. The van der Waals surface area contributed by atoms with E-state index in [1.54, 1.807) is 0 Å². The van der Waals surface area contributed by atoms with Crippen molar-refractivity contribution in [3.05, 3.63) is 0 Å². The lowest BCUT2D eigenvalue weighted by molar-refractivity contribution is -0.529. The molecule has 3 heteroatoms. The van der Waals surface area contributed by atoms with Gasteiger partial charge in [-0.15, -0.1) is 0 Å². The van der Waals surface area contributed by atoms with E-state index in [2.05, 4.69) is 29.7 Å². The number of nitrogens with zero attached hydrogens (tertiary/aromatic N) is 2. The summed E-state index contributed by atoms with van der Waals surface area (Å²) >= 11 is 0. The quantitative estimate of drug-likeness (QED) is 0.668. The molecule has 0 aliphatic carbocycles. The van der Waals surface area contributed by atoms with Gasteiger partial charge in [-0.25, -0.2) is 0 Å². The highest BCUT2D eigenvalue weighted by atomic mass is 16.3. The molecule has 0 aromatic heterocycles. The summed E-state index contributed by atoms with van der Waals surface area (Å²) in [5, 5.41) is 9.34. The predicted molar refractivity (Wildman–Crippen MR) is 56.6 cm³/mol. The molecule has 2 rings (SSSR count). The van der Waals surface area contributed by atoms with Crippen LogP contribution in [0, 0.1) is 5.92 Å². The summed E-state index contributed by atoms with van der Waals surface area (Å²) in [6.45, 7) is 6.95. The second-order valence-corrected chi connectivity index (χ2v) is 4.84. The van der Waals surface area contributed by atoms with Crippen molar-refractivity contribution in [1.29, 1.82) is 0 Å². The maximum Gasteiger partial charge on any atom is 0.234 e. The highest BCUT2D eigenvalue weighted by molar-refractivity contribution is 5.52. The minimum atomic E-state index is 0.273. The SMILES string of the molecule is CC(C)[C@@H](CO)N1C=[N+]2CCC[C@H]2C1. The monoisotopic (exact) mass is 197 g/mol. The standard InChI is InChI=1S/C11H21N2O/c1-9(2)11(7-14)13-6-10-4-3-5-12(10)8-13/h8-11,14H,3-7H2,1-2H3/q+1/t10-,11+/m0/s1. The van der Waals surface area contributed by atoms with Crippen molar-refractivity contribution in [1.82, 2.24) is 4.90 Å². The van der Waals surface area contributed by atoms with Crippen molar-refractivity contribution < 1.29 is 9.68 Å². The van der Waals surface area contributed by atoms with Crippen LogP contribution in [0.3, 0.4) is 0 Å². The van der Waals surface area contributed by atoms with Crippen LogP contribution in [0.15, 0.2) is 0 Å². The van der Waals surface area contributed by atoms with E-state index in [-0.39, 0.29) is 6.61 Å². The van der Waals surface area contributed by atoms with Crippen molar-refractivity contribution >= 4 is 6.34 Å². The van der Waals surface area contributed by atoms with E-state index in [1.165, 1.54) is 19.4 Å². The zero-order valence-electron chi connectivity index (χ0n) is 9.19. The molecule has 0 radical (unpaired) electrons. The van der Waals surface area contributed by atoms with Gasteiger partial charge in [0.25, 0.3) is 0 Å². The third-order valence-corrected chi connectivity index (χ3v) is 3.52. The molecule has 1 saturated heterocycles. The lowest BCUT2D eigenvalue weighted by Gasteiger charge is -2.22. The molecule has 1 N–H and O–H groups in total. The van der Waals surface area contributed by atoms with Crippen LogP contribution in [-0.4, -0.2) is 52.7 Å². The molecule has 0 unspecified atom stereocenters. The van der Waals surface area contributed by atoms with Gasteiger partial charge in [0.05, 0.1) is 13.2 Å². The van der Waals surface area contributed by atoms with E-state index in [0.717, 1.165) is 12.6 Å². The Morgan fingerprint density at radius 1 is 1.57 bits per heavy atom. The van der Waals surface area contributed by atoms with E-state index in [4.69, 9.17) is 0 Å². The number of hydrogen-bond donors (Lipinski definition) is 1.